The van der Waals surface area contributed by atoms with E-state index in [2.05, 4.69) is 32.9 Å². The van der Waals surface area contributed by atoms with E-state index in [1.165, 1.54) is 28.3 Å². The van der Waals surface area contributed by atoms with Gasteiger partial charge in [-0.3, -0.25) is 0 Å². The van der Waals surface area contributed by atoms with Crippen LogP contribution < -0.4 is 5.73 Å². The minimum Gasteiger partial charge on any atom is -0.327 e. The van der Waals surface area contributed by atoms with Gasteiger partial charge in [0, 0.05) is 6.04 Å². The Balaban J connectivity index is 2.11. The van der Waals surface area contributed by atoms with Crippen LogP contribution >= 0.6 is 0 Å². The Morgan fingerprint density at radius 2 is 1.52 bits per heavy atom. The fourth-order valence-electron chi connectivity index (χ4n) is 2.84. The van der Waals surface area contributed by atoms with Gasteiger partial charge in [-0.2, -0.15) is 0 Å². The third kappa shape index (κ3) is 3.88. The lowest BCUT2D eigenvalue weighted by Gasteiger charge is -2.16. The van der Waals surface area contributed by atoms with Crippen molar-refractivity contribution in [1.82, 2.24) is 0 Å². The van der Waals surface area contributed by atoms with Crippen LogP contribution in [0.3, 0.4) is 0 Å². The Morgan fingerprint density at radius 1 is 0.905 bits per heavy atom. The number of halogens is 2. The van der Waals surface area contributed by atoms with E-state index >= 15 is 0 Å². The molecule has 0 radical (unpaired) electrons. The predicted octanol–water partition coefficient (Wildman–Crippen LogP) is 4.00. The van der Waals surface area contributed by atoms with E-state index in [0.29, 0.717) is 6.42 Å². The highest BCUT2D eigenvalue weighted by Crippen LogP contribution is 2.19. The molecule has 0 aliphatic rings. The molecule has 2 rings (SSSR count). The van der Waals surface area contributed by atoms with Crippen LogP contribution in [0, 0.1) is 32.4 Å². The Kier molecular flexibility index (Phi) is 4.73. The lowest BCUT2D eigenvalue weighted by Crippen LogP contribution is -2.26. The van der Waals surface area contributed by atoms with Crippen molar-refractivity contribution in [2.45, 2.75) is 39.7 Å². The summed E-state index contributed by atoms with van der Waals surface area (Å²) in [5.41, 5.74) is 11.9. The number of aryl methyl sites for hydroxylation is 3. The predicted molar refractivity (Wildman–Crippen MR) is 82.4 cm³/mol. The normalized spacial score (nSPS) is 12.5. The van der Waals surface area contributed by atoms with Gasteiger partial charge in [0.15, 0.2) is 11.6 Å². The molecule has 0 bridgehead atoms. The summed E-state index contributed by atoms with van der Waals surface area (Å²) in [7, 11) is 0. The van der Waals surface area contributed by atoms with Gasteiger partial charge in [0.25, 0.3) is 0 Å². The first-order valence-corrected chi connectivity index (χ1v) is 7.13. The summed E-state index contributed by atoms with van der Waals surface area (Å²) in [6.07, 6.45) is 1.26. The summed E-state index contributed by atoms with van der Waals surface area (Å²) < 4.78 is 26.1. The van der Waals surface area contributed by atoms with Crippen molar-refractivity contribution in [3.63, 3.8) is 0 Å². The molecule has 0 aliphatic carbocycles. The highest BCUT2D eigenvalue weighted by molar-refractivity contribution is 5.38. The monoisotopic (exact) mass is 289 g/mol. The van der Waals surface area contributed by atoms with Gasteiger partial charge in [0.05, 0.1) is 0 Å². The minimum atomic E-state index is -0.822. The van der Waals surface area contributed by atoms with Crippen molar-refractivity contribution >= 4 is 0 Å². The number of hydrogen-bond donors (Lipinski definition) is 1. The van der Waals surface area contributed by atoms with Gasteiger partial charge in [0.1, 0.15) is 0 Å². The van der Waals surface area contributed by atoms with E-state index in [0.717, 1.165) is 18.1 Å². The fraction of sp³-hybridized carbons (Fsp3) is 0.333. The van der Waals surface area contributed by atoms with Crippen molar-refractivity contribution in [3.05, 3.63) is 69.8 Å². The molecule has 112 valence electrons. The molecule has 1 atom stereocenters. The second-order valence-corrected chi connectivity index (χ2v) is 5.79. The van der Waals surface area contributed by atoms with Crippen LogP contribution in [0.25, 0.3) is 0 Å². The molecule has 0 saturated heterocycles. The first kappa shape index (κ1) is 15.6. The molecule has 0 saturated carbocycles. The van der Waals surface area contributed by atoms with E-state index in [9.17, 15) is 8.78 Å². The second-order valence-electron chi connectivity index (χ2n) is 5.79. The summed E-state index contributed by atoms with van der Waals surface area (Å²) in [6, 6.07) is 8.14. The molecule has 0 aliphatic heterocycles. The third-order valence-electron chi connectivity index (χ3n) is 3.79. The molecule has 2 aromatic rings. The average Bonchev–Trinajstić information content (AvgIpc) is 2.38. The maximum absolute atomic E-state index is 13.2. The topological polar surface area (TPSA) is 26.0 Å². The van der Waals surface area contributed by atoms with Gasteiger partial charge >= 0.3 is 0 Å². The molecular formula is C18H21F2N. The Morgan fingerprint density at radius 3 is 2.10 bits per heavy atom. The SMILES string of the molecule is Cc1cc(C)c(CC(N)Cc2ccc(F)c(F)c2)c(C)c1. The Hall–Kier alpha value is -1.74. The lowest BCUT2D eigenvalue weighted by atomic mass is 9.92. The van der Waals surface area contributed by atoms with E-state index < -0.39 is 11.6 Å². The smallest absolute Gasteiger partial charge is 0.159 e. The summed E-state index contributed by atoms with van der Waals surface area (Å²) in [6.45, 7) is 6.24. The van der Waals surface area contributed by atoms with Crippen LogP contribution in [0.4, 0.5) is 8.78 Å². The summed E-state index contributed by atoms with van der Waals surface area (Å²) in [5.74, 6) is -1.64. The quantitative estimate of drug-likeness (QED) is 0.904. The second kappa shape index (κ2) is 6.35. The van der Waals surface area contributed by atoms with E-state index in [1.54, 1.807) is 6.07 Å². The third-order valence-corrected chi connectivity index (χ3v) is 3.79. The molecule has 1 unspecified atom stereocenters. The fourth-order valence-corrected chi connectivity index (χ4v) is 2.84. The van der Waals surface area contributed by atoms with Gasteiger partial charge in [-0.05, 0) is 68.0 Å². The molecule has 0 fully saturated rings. The molecule has 2 aromatic carbocycles. The van der Waals surface area contributed by atoms with Crippen molar-refractivity contribution in [3.8, 4) is 0 Å². The molecule has 0 heterocycles. The van der Waals surface area contributed by atoms with Crippen molar-refractivity contribution in [2.24, 2.45) is 5.73 Å². The zero-order valence-electron chi connectivity index (χ0n) is 12.7. The van der Waals surface area contributed by atoms with Gasteiger partial charge in [-0.1, -0.05) is 23.8 Å². The molecule has 1 nitrogen and oxygen atoms in total. The van der Waals surface area contributed by atoms with Crippen molar-refractivity contribution in [1.29, 1.82) is 0 Å². The van der Waals surface area contributed by atoms with Crippen LogP contribution in [0.5, 0.6) is 0 Å². The molecule has 0 amide bonds. The zero-order valence-corrected chi connectivity index (χ0v) is 12.7. The number of benzene rings is 2. The molecule has 2 N–H and O–H groups in total. The largest absolute Gasteiger partial charge is 0.327 e. The molecule has 21 heavy (non-hydrogen) atoms. The first-order chi connectivity index (χ1) is 9.86. The van der Waals surface area contributed by atoms with Gasteiger partial charge in [-0.15, -0.1) is 0 Å². The van der Waals surface area contributed by atoms with Crippen LogP contribution in [0.1, 0.15) is 27.8 Å². The molecular weight excluding hydrogens is 268 g/mol. The zero-order chi connectivity index (χ0) is 15.6. The summed E-state index contributed by atoms with van der Waals surface area (Å²) >= 11 is 0. The van der Waals surface area contributed by atoms with Crippen LogP contribution in [0.15, 0.2) is 30.3 Å². The van der Waals surface area contributed by atoms with Crippen LogP contribution in [0.2, 0.25) is 0 Å². The number of nitrogens with two attached hydrogens (primary N) is 1. The Bertz CT molecular complexity index is 627. The van der Waals surface area contributed by atoms with Gasteiger partial charge in [-0.25, -0.2) is 8.78 Å². The Labute approximate surface area is 124 Å². The van der Waals surface area contributed by atoms with Crippen LogP contribution in [-0.2, 0) is 12.8 Å². The van der Waals surface area contributed by atoms with E-state index in [4.69, 9.17) is 5.73 Å². The van der Waals surface area contributed by atoms with Crippen molar-refractivity contribution in [2.75, 3.05) is 0 Å². The maximum Gasteiger partial charge on any atom is 0.159 e. The minimum absolute atomic E-state index is 0.116. The lowest BCUT2D eigenvalue weighted by molar-refractivity contribution is 0.506. The molecule has 0 aromatic heterocycles. The number of hydrogen-bond acceptors (Lipinski definition) is 1. The number of rotatable bonds is 4. The first-order valence-electron chi connectivity index (χ1n) is 7.13. The standard InChI is InChI=1S/C18H21F2N/c1-11-6-12(2)16(13(3)7-11)10-15(21)8-14-4-5-17(19)18(20)9-14/h4-7,9,15H,8,10,21H2,1-3H3. The van der Waals surface area contributed by atoms with Crippen molar-refractivity contribution < 1.29 is 8.78 Å². The summed E-state index contributed by atoms with van der Waals surface area (Å²) in [4.78, 5) is 0. The van der Waals surface area contributed by atoms with Crippen LogP contribution in [-0.4, -0.2) is 6.04 Å². The molecule has 3 heteroatoms. The van der Waals surface area contributed by atoms with Gasteiger partial charge < -0.3 is 5.73 Å². The highest BCUT2D eigenvalue weighted by atomic mass is 19.2. The summed E-state index contributed by atoms with van der Waals surface area (Å²) in [5, 5.41) is 0. The average molecular weight is 289 g/mol. The van der Waals surface area contributed by atoms with E-state index in [1.807, 2.05) is 0 Å². The maximum atomic E-state index is 13.2. The van der Waals surface area contributed by atoms with E-state index in [-0.39, 0.29) is 6.04 Å². The van der Waals surface area contributed by atoms with Gasteiger partial charge in [0.2, 0.25) is 0 Å². The molecule has 0 spiro atoms. The highest BCUT2D eigenvalue weighted by Gasteiger charge is 2.11.